The second kappa shape index (κ2) is 13.4. The smallest absolute Gasteiger partial charge is 0.326 e. The van der Waals surface area contributed by atoms with Crippen LogP contribution in [0.4, 0.5) is 0 Å². The standard InChI is InChI=1S/C34H44N2O4S/c1-4-22-9-12-25(13-10-22)40-26-14-11-24-18-30(35-29(28(24)19-26)17-23-7-5-6-8-23)33(37)36-31(34(38)39)20-27-15-16-32(41-27)21(2)3/h11,14-16,18-19,21-23,25,31H,4-10,12-13,17,20H2,1-3H3,(H,36,37)(H,38,39)/t22-,25-,31-/m0/s1. The number of thiophene rings is 1. The van der Waals surface area contributed by atoms with Gasteiger partial charge < -0.3 is 15.2 Å². The van der Waals surface area contributed by atoms with Crippen LogP contribution in [0.2, 0.25) is 0 Å². The summed E-state index contributed by atoms with van der Waals surface area (Å²) in [6.07, 6.45) is 12.0. The predicted octanol–water partition coefficient (Wildman–Crippen LogP) is 7.93. The van der Waals surface area contributed by atoms with Crippen molar-refractivity contribution in [3.8, 4) is 5.75 Å². The highest BCUT2D eigenvalue weighted by Crippen LogP contribution is 2.34. The number of carboxylic acids is 1. The zero-order valence-corrected chi connectivity index (χ0v) is 25.5. The molecule has 2 aliphatic rings. The van der Waals surface area contributed by atoms with Crippen molar-refractivity contribution in [3.05, 3.63) is 57.5 Å². The van der Waals surface area contributed by atoms with Gasteiger partial charge in [-0.2, -0.15) is 0 Å². The molecule has 7 heteroatoms. The molecule has 41 heavy (non-hydrogen) atoms. The number of ether oxygens (including phenoxy) is 1. The average Bonchev–Trinajstić information content (AvgIpc) is 3.66. The van der Waals surface area contributed by atoms with Crippen LogP contribution in [-0.2, 0) is 17.6 Å². The quantitative estimate of drug-likeness (QED) is 0.242. The number of aromatic nitrogens is 1. The van der Waals surface area contributed by atoms with Gasteiger partial charge in [-0.25, -0.2) is 9.78 Å². The molecule has 2 heterocycles. The maximum Gasteiger partial charge on any atom is 0.326 e. The van der Waals surface area contributed by atoms with E-state index in [4.69, 9.17) is 9.72 Å². The maximum absolute atomic E-state index is 13.4. The van der Waals surface area contributed by atoms with Crippen LogP contribution in [-0.4, -0.2) is 34.1 Å². The fourth-order valence-electron chi connectivity index (χ4n) is 6.43. The molecule has 0 bridgehead atoms. The molecular formula is C34H44N2O4S. The largest absolute Gasteiger partial charge is 0.490 e. The number of hydrogen-bond acceptors (Lipinski definition) is 5. The number of carbonyl (C=O) groups excluding carboxylic acids is 1. The summed E-state index contributed by atoms with van der Waals surface area (Å²) in [6.45, 7) is 6.51. The van der Waals surface area contributed by atoms with Crippen LogP contribution in [0, 0.1) is 11.8 Å². The summed E-state index contributed by atoms with van der Waals surface area (Å²) in [5, 5.41) is 14.6. The Kier molecular flexibility index (Phi) is 9.64. The second-order valence-corrected chi connectivity index (χ2v) is 13.6. The Morgan fingerprint density at radius 1 is 1.02 bits per heavy atom. The Morgan fingerprint density at radius 3 is 2.44 bits per heavy atom. The van der Waals surface area contributed by atoms with E-state index in [2.05, 4.69) is 32.2 Å². The van der Waals surface area contributed by atoms with Crippen molar-refractivity contribution in [2.45, 2.75) is 109 Å². The number of benzene rings is 1. The van der Waals surface area contributed by atoms with Gasteiger partial charge in [-0.1, -0.05) is 58.9 Å². The van der Waals surface area contributed by atoms with Gasteiger partial charge in [0.2, 0.25) is 0 Å². The molecule has 2 N–H and O–H groups in total. The van der Waals surface area contributed by atoms with Crippen molar-refractivity contribution >= 4 is 34.0 Å². The summed E-state index contributed by atoms with van der Waals surface area (Å²) in [4.78, 5) is 32.6. The summed E-state index contributed by atoms with van der Waals surface area (Å²) in [5.41, 5.74) is 1.18. The van der Waals surface area contributed by atoms with E-state index in [-0.39, 0.29) is 18.2 Å². The number of nitrogens with one attached hydrogen (secondary N) is 1. The number of fused-ring (bicyclic) bond motifs is 1. The van der Waals surface area contributed by atoms with Crippen LogP contribution >= 0.6 is 11.3 Å². The Labute approximate surface area is 247 Å². The number of hydrogen-bond donors (Lipinski definition) is 2. The molecule has 0 spiro atoms. The molecule has 2 fully saturated rings. The second-order valence-electron chi connectivity index (χ2n) is 12.4. The molecule has 220 valence electrons. The first-order chi connectivity index (χ1) is 19.8. The number of aliphatic carboxylic acids is 1. The number of carboxylic acid groups (broad SMARTS) is 1. The van der Waals surface area contributed by atoms with E-state index < -0.39 is 17.9 Å². The monoisotopic (exact) mass is 576 g/mol. The minimum atomic E-state index is -1.04. The molecule has 0 unspecified atom stereocenters. The van der Waals surface area contributed by atoms with E-state index in [1.54, 1.807) is 17.4 Å². The van der Waals surface area contributed by atoms with E-state index in [1.807, 2.05) is 24.3 Å². The van der Waals surface area contributed by atoms with E-state index in [0.717, 1.165) is 52.3 Å². The molecular weight excluding hydrogens is 532 g/mol. The van der Waals surface area contributed by atoms with Crippen molar-refractivity contribution in [3.63, 3.8) is 0 Å². The van der Waals surface area contributed by atoms with Crippen LogP contribution in [0.1, 0.15) is 110 Å². The first-order valence-electron chi connectivity index (χ1n) is 15.5. The van der Waals surface area contributed by atoms with Gasteiger partial charge in [0.05, 0.1) is 6.10 Å². The topological polar surface area (TPSA) is 88.5 Å². The van der Waals surface area contributed by atoms with Crippen LogP contribution in [0.3, 0.4) is 0 Å². The third kappa shape index (κ3) is 7.48. The van der Waals surface area contributed by atoms with Crippen LogP contribution in [0.25, 0.3) is 10.8 Å². The SMILES string of the molecule is CC[C@H]1CC[C@H](Oc2ccc3cc(C(=O)N[C@@H](Cc4ccc(C(C)C)s4)C(=O)O)nc(CC4CCCC4)c3c2)CC1. The average molecular weight is 577 g/mol. The highest BCUT2D eigenvalue weighted by Gasteiger charge is 2.25. The fraction of sp³-hybridized carbons (Fsp3) is 0.559. The number of rotatable bonds is 11. The van der Waals surface area contributed by atoms with E-state index in [0.29, 0.717) is 11.8 Å². The molecule has 3 aromatic rings. The van der Waals surface area contributed by atoms with E-state index in [1.165, 1.54) is 49.8 Å². The predicted molar refractivity (Wildman–Crippen MR) is 165 cm³/mol. The highest BCUT2D eigenvalue weighted by atomic mass is 32.1. The van der Waals surface area contributed by atoms with Crippen LogP contribution in [0.15, 0.2) is 36.4 Å². The van der Waals surface area contributed by atoms with Crippen molar-refractivity contribution in [2.24, 2.45) is 11.8 Å². The fourth-order valence-corrected chi connectivity index (χ4v) is 7.49. The minimum Gasteiger partial charge on any atom is -0.490 e. The number of pyridine rings is 1. The summed E-state index contributed by atoms with van der Waals surface area (Å²) in [7, 11) is 0. The molecule has 2 aromatic heterocycles. The molecule has 0 saturated heterocycles. The van der Waals surface area contributed by atoms with Gasteiger partial charge in [0, 0.05) is 27.3 Å². The Balaban J connectivity index is 1.37. The van der Waals surface area contributed by atoms with Gasteiger partial charge in [0.1, 0.15) is 17.5 Å². The van der Waals surface area contributed by atoms with Gasteiger partial charge in [0.25, 0.3) is 5.91 Å². The van der Waals surface area contributed by atoms with Gasteiger partial charge in [0.15, 0.2) is 0 Å². The van der Waals surface area contributed by atoms with Crippen molar-refractivity contribution in [1.82, 2.24) is 10.3 Å². The third-order valence-electron chi connectivity index (χ3n) is 9.01. The zero-order valence-electron chi connectivity index (χ0n) is 24.7. The molecule has 1 atom stereocenters. The highest BCUT2D eigenvalue weighted by molar-refractivity contribution is 7.12. The molecule has 6 nitrogen and oxygen atoms in total. The molecule has 1 amide bonds. The number of amides is 1. The molecule has 2 saturated carbocycles. The molecule has 1 aromatic carbocycles. The summed E-state index contributed by atoms with van der Waals surface area (Å²) in [5.74, 6) is 1.14. The molecule has 0 radical (unpaired) electrons. The molecule has 2 aliphatic carbocycles. The lowest BCUT2D eigenvalue weighted by Gasteiger charge is -2.28. The summed E-state index contributed by atoms with van der Waals surface area (Å²) in [6, 6.07) is 10.9. The molecule has 5 rings (SSSR count). The van der Waals surface area contributed by atoms with Gasteiger partial charge >= 0.3 is 5.97 Å². The zero-order chi connectivity index (χ0) is 28.9. The van der Waals surface area contributed by atoms with Crippen molar-refractivity contribution in [1.29, 1.82) is 0 Å². The first-order valence-corrected chi connectivity index (χ1v) is 16.3. The summed E-state index contributed by atoms with van der Waals surface area (Å²) < 4.78 is 6.44. The minimum absolute atomic E-state index is 0.249. The van der Waals surface area contributed by atoms with E-state index in [9.17, 15) is 14.7 Å². The van der Waals surface area contributed by atoms with Crippen LogP contribution in [0.5, 0.6) is 5.75 Å². The first kappa shape index (κ1) is 29.6. The summed E-state index contributed by atoms with van der Waals surface area (Å²) >= 11 is 1.60. The normalized spacial score (nSPS) is 20.4. The Bertz CT molecular complexity index is 1350. The Hall–Kier alpha value is -2.93. The van der Waals surface area contributed by atoms with Crippen molar-refractivity contribution in [2.75, 3.05) is 0 Å². The maximum atomic E-state index is 13.4. The molecule has 0 aliphatic heterocycles. The van der Waals surface area contributed by atoms with Gasteiger partial charge in [-0.15, -0.1) is 11.3 Å². The third-order valence-corrected chi connectivity index (χ3v) is 10.4. The lowest BCUT2D eigenvalue weighted by molar-refractivity contribution is -0.139. The van der Waals surface area contributed by atoms with Gasteiger partial charge in [-0.3, -0.25) is 4.79 Å². The Morgan fingerprint density at radius 2 is 1.78 bits per heavy atom. The van der Waals surface area contributed by atoms with Crippen molar-refractivity contribution < 1.29 is 19.4 Å². The number of carbonyl (C=O) groups is 2. The van der Waals surface area contributed by atoms with Crippen LogP contribution < -0.4 is 10.1 Å². The van der Waals surface area contributed by atoms with Gasteiger partial charge in [-0.05, 0) is 85.6 Å². The number of nitrogens with zero attached hydrogens (tertiary/aromatic N) is 1. The lowest BCUT2D eigenvalue weighted by atomic mass is 9.86. The van der Waals surface area contributed by atoms with E-state index >= 15 is 0 Å². The lowest BCUT2D eigenvalue weighted by Crippen LogP contribution is -2.42.